The summed E-state index contributed by atoms with van der Waals surface area (Å²) in [6.45, 7) is 3.44. The second-order valence-corrected chi connectivity index (χ2v) is 6.86. The first kappa shape index (κ1) is 18.5. The Morgan fingerprint density at radius 3 is 2.64 bits per heavy atom. The third-order valence-electron chi connectivity index (χ3n) is 4.81. The summed E-state index contributed by atoms with van der Waals surface area (Å²) in [5.41, 5.74) is 0.461. The summed E-state index contributed by atoms with van der Waals surface area (Å²) in [7, 11) is 1.66. The van der Waals surface area contributed by atoms with Crippen LogP contribution in [0, 0.1) is 23.4 Å². The van der Waals surface area contributed by atoms with E-state index in [1.807, 2.05) is 0 Å². The molecule has 3 aromatic rings. The van der Waals surface area contributed by atoms with Crippen LogP contribution in [0.3, 0.4) is 0 Å². The van der Waals surface area contributed by atoms with Crippen LogP contribution in [0.2, 0.25) is 0 Å². The fourth-order valence-electron chi connectivity index (χ4n) is 3.20. The summed E-state index contributed by atoms with van der Waals surface area (Å²) >= 11 is 0. The van der Waals surface area contributed by atoms with Crippen LogP contribution in [0.1, 0.15) is 13.3 Å². The Balaban J connectivity index is 1.62. The first-order chi connectivity index (χ1) is 13.4. The Bertz CT molecular complexity index is 1000. The lowest BCUT2D eigenvalue weighted by molar-refractivity contribution is 0.0536. The predicted octanol–water partition coefficient (Wildman–Crippen LogP) is 3.36. The highest BCUT2D eigenvalue weighted by Crippen LogP contribution is 2.26. The standard InChI is InChI=1S/C18H19F3N6O/c1-9-8-28-4-3-13(9)23-17-22-7-14-16(26-17)27(2)18(24-14)25-15-11(20)5-10(19)6-12(15)21/h5-7,9,13H,3-4,8H2,1-2H3,(H,24,25)(H,22,23,26)/t9-,13-/m0/s1. The van der Waals surface area contributed by atoms with E-state index < -0.39 is 23.1 Å². The van der Waals surface area contributed by atoms with Crippen LogP contribution in [-0.2, 0) is 11.8 Å². The normalized spacial score (nSPS) is 19.8. The van der Waals surface area contributed by atoms with Gasteiger partial charge < -0.3 is 15.4 Å². The van der Waals surface area contributed by atoms with Gasteiger partial charge in [-0.3, -0.25) is 4.57 Å². The topological polar surface area (TPSA) is 76.9 Å². The second kappa shape index (κ2) is 7.27. The average molecular weight is 392 g/mol. The van der Waals surface area contributed by atoms with Crippen molar-refractivity contribution in [1.82, 2.24) is 19.5 Å². The maximum absolute atomic E-state index is 13.9. The van der Waals surface area contributed by atoms with Crippen molar-refractivity contribution in [3.05, 3.63) is 35.8 Å². The summed E-state index contributed by atoms with van der Waals surface area (Å²) in [5.74, 6) is -2.17. The molecule has 148 valence electrons. The molecule has 2 N–H and O–H groups in total. The molecule has 0 amide bonds. The minimum atomic E-state index is -1.05. The molecule has 2 aromatic heterocycles. The summed E-state index contributed by atoms with van der Waals surface area (Å²) in [5, 5.41) is 5.87. The molecule has 0 radical (unpaired) electrons. The molecular formula is C18H19F3N6O. The number of benzene rings is 1. The van der Waals surface area contributed by atoms with Crippen LogP contribution < -0.4 is 10.6 Å². The van der Waals surface area contributed by atoms with Crippen molar-refractivity contribution in [3.63, 3.8) is 0 Å². The SMILES string of the molecule is C[C@H]1COCC[C@@H]1Nc1ncc2nc(Nc3c(F)cc(F)cc3F)n(C)c2n1. The monoisotopic (exact) mass is 392 g/mol. The van der Waals surface area contributed by atoms with Crippen LogP contribution in [0.4, 0.5) is 30.8 Å². The highest BCUT2D eigenvalue weighted by atomic mass is 19.1. The Hall–Kier alpha value is -2.88. The highest BCUT2D eigenvalue weighted by molar-refractivity contribution is 5.76. The molecule has 1 aliphatic rings. The second-order valence-electron chi connectivity index (χ2n) is 6.86. The third kappa shape index (κ3) is 3.47. The van der Waals surface area contributed by atoms with Gasteiger partial charge in [-0.2, -0.15) is 4.98 Å². The van der Waals surface area contributed by atoms with Crippen LogP contribution in [0.5, 0.6) is 0 Å². The molecule has 0 bridgehead atoms. The Morgan fingerprint density at radius 1 is 1.18 bits per heavy atom. The van der Waals surface area contributed by atoms with E-state index in [-0.39, 0.29) is 12.0 Å². The molecule has 1 aliphatic heterocycles. The van der Waals surface area contributed by atoms with E-state index in [0.29, 0.717) is 48.4 Å². The lowest BCUT2D eigenvalue weighted by Crippen LogP contribution is -2.36. The molecule has 0 saturated carbocycles. The number of hydrogen-bond acceptors (Lipinski definition) is 6. The molecule has 0 aliphatic carbocycles. The van der Waals surface area contributed by atoms with Crippen LogP contribution in [0.15, 0.2) is 18.3 Å². The van der Waals surface area contributed by atoms with E-state index in [1.165, 1.54) is 6.20 Å². The number of anilines is 3. The summed E-state index contributed by atoms with van der Waals surface area (Å²) in [4.78, 5) is 13.0. The Labute approximate surface area is 159 Å². The number of rotatable bonds is 4. The average Bonchev–Trinajstić information content (AvgIpc) is 2.96. The maximum Gasteiger partial charge on any atom is 0.224 e. The third-order valence-corrected chi connectivity index (χ3v) is 4.81. The zero-order chi connectivity index (χ0) is 19.8. The number of ether oxygens (including phenoxy) is 1. The molecule has 4 rings (SSSR count). The van der Waals surface area contributed by atoms with E-state index in [4.69, 9.17) is 4.74 Å². The molecule has 0 unspecified atom stereocenters. The van der Waals surface area contributed by atoms with Gasteiger partial charge in [0, 0.05) is 31.8 Å². The summed E-state index contributed by atoms with van der Waals surface area (Å²) in [6.07, 6.45) is 2.39. The lowest BCUT2D eigenvalue weighted by Gasteiger charge is -2.29. The fraction of sp³-hybridized carbons (Fsp3) is 0.389. The van der Waals surface area contributed by atoms with Crippen molar-refractivity contribution in [3.8, 4) is 0 Å². The van der Waals surface area contributed by atoms with E-state index >= 15 is 0 Å². The number of nitrogens with zero attached hydrogens (tertiary/aromatic N) is 4. The molecule has 1 aromatic carbocycles. The van der Waals surface area contributed by atoms with E-state index in [2.05, 4.69) is 32.5 Å². The van der Waals surface area contributed by atoms with Gasteiger partial charge in [0.1, 0.15) is 17.0 Å². The molecule has 1 saturated heterocycles. The zero-order valence-electron chi connectivity index (χ0n) is 15.3. The first-order valence-corrected chi connectivity index (χ1v) is 8.87. The highest BCUT2D eigenvalue weighted by Gasteiger charge is 2.23. The predicted molar refractivity (Wildman–Crippen MR) is 97.9 cm³/mol. The van der Waals surface area contributed by atoms with Crippen molar-refractivity contribution in [1.29, 1.82) is 0 Å². The van der Waals surface area contributed by atoms with E-state index in [9.17, 15) is 13.2 Å². The smallest absolute Gasteiger partial charge is 0.224 e. The largest absolute Gasteiger partial charge is 0.381 e. The molecule has 2 atom stereocenters. The molecule has 7 nitrogen and oxygen atoms in total. The van der Waals surface area contributed by atoms with Gasteiger partial charge in [-0.25, -0.2) is 23.1 Å². The first-order valence-electron chi connectivity index (χ1n) is 8.87. The minimum absolute atomic E-state index is 0.158. The molecular weight excluding hydrogens is 373 g/mol. The summed E-state index contributed by atoms with van der Waals surface area (Å²) < 4.78 is 47.9. The zero-order valence-corrected chi connectivity index (χ0v) is 15.3. The van der Waals surface area contributed by atoms with Gasteiger partial charge in [0.25, 0.3) is 0 Å². The van der Waals surface area contributed by atoms with Crippen molar-refractivity contribution in [2.24, 2.45) is 13.0 Å². The molecule has 3 heterocycles. The van der Waals surface area contributed by atoms with Crippen LogP contribution in [-0.4, -0.2) is 38.8 Å². The van der Waals surface area contributed by atoms with Gasteiger partial charge in [0.05, 0.1) is 12.8 Å². The van der Waals surface area contributed by atoms with Gasteiger partial charge in [-0.15, -0.1) is 0 Å². The van der Waals surface area contributed by atoms with Crippen LogP contribution in [0.25, 0.3) is 11.2 Å². The quantitative estimate of drug-likeness (QED) is 0.709. The number of fused-ring (bicyclic) bond motifs is 1. The maximum atomic E-state index is 13.9. The van der Waals surface area contributed by atoms with Crippen molar-refractivity contribution >= 4 is 28.7 Å². The molecule has 0 spiro atoms. The molecule has 10 heteroatoms. The van der Waals surface area contributed by atoms with E-state index in [0.717, 1.165) is 6.42 Å². The number of aryl methyl sites for hydroxylation is 1. The number of imidazole rings is 1. The van der Waals surface area contributed by atoms with Crippen molar-refractivity contribution < 1.29 is 17.9 Å². The van der Waals surface area contributed by atoms with Gasteiger partial charge in [0.2, 0.25) is 11.9 Å². The van der Waals surface area contributed by atoms with Gasteiger partial charge >= 0.3 is 0 Å². The number of hydrogen-bond donors (Lipinski definition) is 2. The van der Waals surface area contributed by atoms with Crippen LogP contribution >= 0.6 is 0 Å². The number of nitrogens with one attached hydrogen (secondary N) is 2. The van der Waals surface area contributed by atoms with Gasteiger partial charge in [-0.1, -0.05) is 6.92 Å². The number of aromatic nitrogens is 4. The van der Waals surface area contributed by atoms with Gasteiger partial charge in [-0.05, 0) is 12.3 Å². The summed E-state index contributed by atoms with van der Waals surface area (Å²) in [6, 6.07) is 1.40. The number of halogens is 3. The molecule has 28 heavy (non-hydrogen) atoms. The lowest BCUT2D eigenvalue weighted by atomic mass is 9.98. The fourth-order valence-corrected chi connectivity index (χ4v) is 3.20. The van der Waals surface area contributed by atoms with Crippen molar-refractivity contribution in [2.45, 2.75) is 19.4 Å². The Kier molecular flexibility index (Phi) is 4.80. The van der Waals surface area contributed by atoms with Crippen molar-refractivity contribution in [2.75, 3.05) is 23.8 Å². The molecule has 1 fully saturated rings. The van der Waals surface area contributed by atoms with E-state index in [1.54, 1.807) is 11.6 Å². The Morgan fingerprint density at radius 2 is 1.93 bits per heavy atom. The minimum Gasteiger partial charge on any atom is -0.381 e. The van der Waals surface area contributed by atoms with Gasteiger partial charge in [0.15, 0.2) is 17.3 Å².